The number of aromatic nitrogens is 3. The molecular formula is C22H19ClN4O3. The first kappa shape index (κ1) is 19.8. The molecule has 0 bridgehead atoms. The van der Waals surface area contributed by atoms with Crippen molar-refractivity contribution >= 4 is 23.5 Å². The predicted octanol–water partition coefficient (Wildman–Crippen LogP) is 5.09. The van der Waals surface area contributed by atoms with E-state index in [1.165, 1.54) is 5.56 Å². The minimum Gasteiger partial charge on any atom is -0.407 e. The lowest BCUT2D eigenvalue weighted by Crippen LogP contribution is -2.13. The number of carbonyl (C=O) groups excluding carboxylic acids is 1. The Morgan fingerprint density at radius 1 is 1.07 bits per heavy atom. The van der Waals surface area contributed by atoms with Gasteiger partial charge < -0.3 is 8.94 Å². The number of nitrogens with zero attached hydrogens (tertiary/aromatic N) is 3. The number of anilines is 1. The molecule has 4 rings (SSSR count). The topological polar surface area (TPSA) is 94.1 Å². The molecule has 152 valence electrons. The highest BCUT2D eigenvalue weighted by atomic mass is 35.5. The molecule has 7 nitrogen and oxygen atoms in total. The van der Waals surface area contributed by atoms with Gasteiger partial charge in [0.15, 0.2) is 0 Å². The summed E-state index contributed by atoms with van der Waals surface area (Å²) in [5, 5.41) is 15.0. The Hall–Kier alpha value is -3.45. The zero-order valence-electron chi connectivity index (χ0n) is 16.5. The highest BCUT2D eigenvalue weighted by Crippen LogP contribution is 2.31. The lowest BCUT2D eigenvalue weighted by molar-refractivity contribution is 0.102. The number of amides is 1. The smallest absolute Gasteiger partial charge is 0.322 e. The van der Waals surface area contributed by atoms with E-state index in [9.17, 15) is 4.79 Å². The van der Waals surface area contributed by atoms with Crippen LogP contribution in [0.1, 0.15) is 40.1 Å². The van der Waals surface area contributed by atoms with Gasteiger partial charge in [0.1, 0.15) is 17.0 Å². The summed E-state index contributed by atoms with van der Waals surface area (Å²) in [4.78, 5) is 12.9. The quantitative estimate of drug-likeness (QED) is 0.465. The molecular weight excluding hydrogens is 404 g/mol. The van der Waals surface area contributed by atoms with Crippen molar-refractivity contribution in [2.45, 2.75) is 26.7 Å². The van der Waals surface area contributed by atoms with Crippen molar-refractivity contribution in [3.8, 4) is 11.3 Å². The van der Waals surface area contributed by atoms with Gasteiger partial charge >= 0.3 is 6.01 Å². The summed E-state index contributed by atoms with van der Waals surface area (Å²) < 4.78 is 10.8. The fourth-order valence-electron chi connectivity index (χ4n) is 3.08. The van der Waals surface area contributed by atoms with E-state index in [2.05, 4.69) is 39.7 Å². The van der Waals surface area contributed by atoms with E-state index in [-0.39, 0.29) is 11.6 Å². The third-order valence-electron chi connectivity index (χ3n) is 4.69. The molecule has 1 N–H and O–H groups in total. The molecule has 2 aromatic carbocycles. The number of benzene rings is 2. The third kappa shape index (κ3) is 4.11. The van der Waals surface area contributed by atoms with E-state index in [1.807, 2.05) is 18.2 Å². The Balaban J connectivity index is 1.51. The zero-order valence-corrected chi connectivity index (χ0v) is 17.2. The van der Waals surface area contributed by atoms with Gasteiger partial charge in [-0.15, -0.1) is 5.10 Å². The van der Waals surface area contributed by atoms with E-state index >= 15 is 0 Å². The number of aryl methyl sites for hydroxylation is 2. The van der Waals surface area contributed by atoms with E-state index in [1.54, 1.807) is 25.1 Å². The molecule has 0 aliphatic carbocycles. The van der Waals surface area contributed by atoms with Gasteiger partial charge in [-0.1, -0.05) is 71.2 Å². The van der Waals surface area contributed by atoms with Gasteiger partial charge in [0, 0.05) is 5.56 Å². The molecule has 0 saturated heterocycles. The van der Waals surface area contributed by atoms with E-state index < -0.39 is 5.91 Å². The molecule has 0 aliphatic heterocycles. The van der Waals surface area contributed by atoms with Gasteiger partial charge in [-0.3, -0.25) is 10.1 Å². The Kier molecular flexibility index (Phi) is 5.63. The van der Waals surface area contributed by atoms with Crippen LogP contribution in [-0.2, 0) is 12.8 Å². The van der Waals surface area contributed by atoms with Crippen LogP contribution in [0.25, 0.3) is 11.3 Å². The van der Waals surface area contributed by atoms with Gasteiger partial charge in [0.25, 0.3) is 5.91 Å². The Bertz CT molecular complexity index is 1180. The number of halogens is 1. The Morgan fingerprint density at radius 2 is 1.80 bits per heavy atom. The van der Waals surface area contributed by atoms with Gasteiger partial charge in [0.05, 0.1) is 11.4 Å². The van der Waals surface area contributed by atoms with Crippen molar-refractivity contribution < 1.29 is 13.7 Å². The largest absolute Gasteiger partial charge is 0.407 e. The average Bonchev–Trinajstić information content (AvgIpc) is 3.35. The minimum absolute atomic E-state index is 0.00545. The van der Waals surface area contributed by atoms with Crippen molar-refractivity contribution in [2.75, 3.05) is 5.32 Å². The number of nitrogens with one attached hydrogen (secondary N) is 1. The maximum Gasteiger partial charge on any atom is 0.322 e. The van der Waals surface area contributed by atoms with Crippen molar-refractivity contribution in [3.63, 3.8) is 0 Å². The standard InChI is InChI=1S/C22H19ClN4O3/c1-3-14-8-10-15(11-9-14)12-18-25-26-22(29-18)24-21(28)19-13(2)30-27-20(19)16-6-4-5-7-17(16)23/h4-11H,3,12H2,1-2H3,(H,24,26,28). The van der Waals surface area contributed by atoms with Crippen LogP contribution in [0.2, 0.25) is 5.02 Å². The summed E-state index contributed by atoms with van der Waals surface area (Å²) in [5.74, 6) is 0.298. The van der Waals surface area contributed by atoms with Gasteiger partial charge in [-0.05, 0) is 30.5 Å². The minimum atomic E-state index is -0.467. The molecule has 0 radical (unpaired) electrons. The van der Waals surface area contributed by atoms with Crippen molar-refractivity contribution in [3.05, 3.63) is 81.9 Å². The fraction of sp³-hybridized carbons (Fsp3) is 0.182. The molecule has 0 spiro atoms. The molecule has 2 aromatic heterocycles. The van der Waals surface area contributed by atoms with E-state index in [4.69, 9.17) is 20.5 Å². The normalized spacial score (nSPS) is 10.9. The molecule has 1 amide bonds. The van der Waals surface area contributed by atoms with Crippen LogP contribution in [0.4, 0.5) is 6.01 Å². The second-order valence-corrected chi connectivity index (χ2v) is 7.15. The number of carbonyl (C=O) groups is 1. The Labute approximate surface area is 178 Å². The first-order chi connectivity index (χ1) is 14.5. The molecule has 8 heteroatoms. The van der Waals surface area contributed by atoms with Crippen LogP contribution in [0.15, 0.2) is 57.5 Å². The maximum absolute atomic E-state index is 12.9. The molecule has 0 saturated carbocycles. The molecule has 2 heterocycles. The summed E-state index contributed by atoms with van der Waals surface area (Å²) in [5.41, 5.74) is 3.52. The summed E-state index contributed by atoms with van der Waals surface area (Å²) in [6, 6.07) is 15.3. The zero-order chi connectivity index (χ0) is 21.1. The van der Waals surface area contributed by atoms with Crippen LogP contribution >= 0.6 is 11.6 Å². The van der Waals surface area contributed by atoms with Crippen LogP contribution in [0, 0.1) is 6.92 Å². The SMILES string of the molecule is CCc1ccc(Cc2nnc(NC(=O)c3c(-c4ccccc4Cl)noc3C)o2)cc1. The highest BCUT2D eigenvalue weighted by molar-refractivity contribution is 6.33. The first-order valence-electron chi connectivity index (χ1n) is 9.48. The monoisotopic (exact) mass is 422 g/mol. The summed E-state index contributed by atoms with van der Waals surface area (Å²) in [6.07, 6.45) is 1.46. The van der Waals surface area contributed by atoms with Crippen LogP contribution in [0.3, 0.4) is 0 Å². The summed E-state index contributed by atoms with van der Waals surface area (Å²) >= 11 is 6.25. The van der Waals surface area contributed by atoms with Crippen LogP contribution in [0.5, 0.6) is 0 Å². The van der Waals surface area contributed by atoms with E-state index in [0.717, 1.165) is 12.0 Å². The molecule has 0 aliphatic rings. The fourth-order valence-corrected chi connectivity index (χ4v) is 3.30. The second-order valence-electron chi connectivity index (χ2n) is 6.74. The number of hydrogen-bond acceptors (Lipinski definition) is 6. The maximum atomic E-state index is 12.9. The predicted molar refractivity (Wildman–Crippen MR) is 113 cm³/mol. The molecule has 4 aromatic rings. The third-order valence-corrected chi connectivity index (χ3v) is 5.02. The van der Waals surface area contributed by atoms with Crippen molar-refractivity contribution in [1.29, 1.82) is 0 Å². The molecule has 0 fully saturated rings. The number of hydrogen-bond donors (Lipinski definition) is 1. The van der Waals surface area contributed by atoms with Crippen molar-refractivity contribution in [1.82, 2.24) is 15.4 Å². The highest BCUT2D eigenvalue weighted by Gasteiger charge is 2.24. The van der Waals surface area contributed by atoms with E-state index in [0.29, 0.717) is 34.4 Å². The van der Waals surface area contributed by atoms with Gasteiger partial charge in [-0.2, -0.15) is 0 Å². The molecule has 30 heavy (non-hydrogen) atoms. The lowest BCUT2D eigenvalue weighted by atomic mass is 10.1. The van der Waals surface area contributed by atoms with Gasteiger partial charge in [-0.25, -0.2) is 0 Å². The van der Waals surface area contributed by atoms with Gasteiger partial charge in [0.2, 0.25) is 5.89 Å². The van der Waals surface area contributed by atoms with Crippen LogP contribution in [-0.4, -0.2) is 21.3 Å². The molecule has 0 unspecified atom stereocenters. The summed E-state index contributed by atoms with van der Waals surface area (Å²) in [7, 11) is 0. The second kappa shape index (κ2) is 8.51. The number of rotatable bonds is 6. The molecule has 0 atom stereocenters. The van der Waals surface area contributed by atoms with Crippen LogP contribution < -0.4 is 5.32 Å². The first-order valence-corrected chi connectivity index (χ1v) is 9.85. The van der Waals surface area contributed by atoms with Crippen molar-refractivity contribution in [2.24, 2.45) is 0 Å². The Morgan fingerprint density at radius 3 is 2.53 bits per heavy atom. The summed E-state index contributed by atoms with van der Waals surface area (Å²) in [6.45, 7) is 3.76. The average molecular weight is 423 g/mol. The lowest BCUT2D eigenvalue weighted by Gasteiger charge is -2.04.